The molecular weight excluding hydrogens is 546 g/mol. The number of nitrogens with one attached hydrogen (secondary N) is 1. The fraction of sp³-hybridized carbons (Fsp3) is 0.276. The molecule has 0 bridgehead atoms. The summed E-state index contributed by atoms with van der Waals surface area (Å²) in [5.74, 6) is -3.92. The van der Waals surface area contributed by atoms with Gasteiger partial charge in [0.15, 0.2) is 5.82 Å². The third kappa shape index (κ3) is 10.2. The number of H-pyrrole nitrogens is 1. The molecule has 0 spiro atoms. The number of hydrogen-bond donors (Lipinski definition) is 5. The summed E-state index contributed by atoms with van der Waals surface area (Å²) in [7, 11) is 0. The monoisotopic (exact) mass is 579 g/mol. The highest BCUT2D eigenvalue weighted by Gasteiger charge is 2.22. The Hall–Kier alpha value is -5.01. The van der Waals surface area contributed by atoms with Gasteiger partial charge in [-0.3, -0.25) is 14.9 Å². The minimum Gasteiger partial charge on any atom is -0.478 e. The quantitative estimate of drug-likeness (QED) is 0.245. The molecule has 1 fully saturated rings. The summed E-state index contributed by atoms with van der Waals surface area (Å²) in [5, 5.41) is 40.2. The summed E-state index contributed by atoms with van der Waals surface area (Å²) < 4.78 is 0. The number of carbonyl (C=O) groups is 4. The summed E-state index contributed by atoms with van der Waals surface area (Å²) in [6.07, 6.45) is 2.23. The van der Waals surface area contributed by atoms with E-state index in [9.17, 15) is 19.2 Å². The maximum absolute atomic E-state index is 9.55. The molecule has 3 heterocycles. The number of piperazine rings is 1. The van der Waals surface area contributed by atoms with E-state index < -0.39 is 23.9 Å². The zero-order chi connectivity index (χ0) is 30.5. The lowest BCUT2D eigenvalue weighted by molar-refractivity contribution is -0.134. The average Bonchev–Trinajstić information content (AvgIpc) is 3.59. The number of rotatable bonds is 8. The van der Waals surface area contributed by atoms with Crippen molar-refractivity contribution in [3.8, 4) is 0 Å². The Kier molecular flexibility index (Phi) is 11.8. The van der Waals surface area contributed by atoms with E-state index in [-0.39, 0.29) is 0 Å². The predicted molar refractivity (Wildman–Crippen MR) is 154 cm³/mol. The van der Waals surface area contributed by atoms with E-state index in [0.717, 1.165) is 63.7 Å². The van der Waals surface area contributed by atoms with Gasteiger partial charge in [-0.25, -0.2) is 19.2 Å². The number of fused-ring (bicyclic) bond motifs is 2. The first-order valence-corrected chi connectivity index (χ1v) is 13.1. The Bertz CT molecular complexity index is 1350. The Labute approximate surface area is 241 Å². The fourth-order valence-electron chi connectivity index (χ4n) is 4.50. The molecular formula is C29H33N5O8. The molecule has 3 aromatic rings. The van der Waals surface area contributed by atoms with E-state index in [4.69, 9.17) is 20.4 Å². The molecule has 222 valence electrons. The van der Waals surface area contributed by atoms with Gasteiger partial charge in [0.05, 0.1) is 5.52 Å². The van der Waals surface area contributed by atoms with Gasteiger partial charge in [0.25, 0.3) is 0 Å². The first-order valence-electron chi connectivity index (χ1n) is 13.1. The predicted octanol–water partition coefficient (Wildman–Crippen LogP) is 2.12. The number of aliphatic carboxylic acids is 4. The van der Waals surface area contributed by atoms with E-state index in [1.807, 2.05) is 0 Å². The number of carboxylic acids is 4. The molecule has 0 amide bonds. The highest BCUT2D eigenvalue weighted by molar-refractivity contribution is 5.91. The maximum Gasteiger partial charge on any atom is 0.328 e. The summed E-state index contributed by atoms with van der Waals surface area (Å²) in [6, 6.07) is 17.2. The zero-order valence-corrected chi connectivity index (χ0v) is 22.8. The van der Waals surface area contributed by atoms with Crippen LogP contribution in [-0.2, 0) is 32.3 Å². The van der Waals surface area contributed by atoms with Crippen molar-refractivity contribution in [2.75, 3.05) is 44.2 Å². The van der Waals surface area contributed by atoms with Gasteiger partial charge < -0.3 is 25.3 Å². The van der Waals surface area contributed by atoms with E-state index in [2.05, 4.69) is 73.4 Å². The van der Waals surface area contributed by atoms with Gasteiger partial charge in [-0.15, -0.1) is 0 Å². The van der Waals surface area contributed by atoms with Crippen LogP contribution in [0.3, 0.4) is 0 Å². The van der Waals surface area contributed by atoms with Crippen molar-refractivity contribution in [2.24, 2.45) is 0 Å². The van der Waals surface area contributed by atoms with Gasteiger partial charge >= 0.3 is 23.9 Å². The molecule has 0 unspecified atom stereocenters. The lowest BCUT2D eigenvalue weighted by Gasteiger charge is -2.35. The minimum absolute atomic E-state index is 0.558. The molecule has 0 atom stereocenters. The summed E-state index contributed by atoms with van der Waals surface area (Å²) >= 11 is 0. The first-order chi connectivity index (χ1) is 20.1. The van der Waals surface area contributed by atoms with Crippen LogP contribution < -0.4 is 4.90 Å². The maximum atomic E-state index is 9.55. The second-order valence-corrected chi connectivity index (χ2v) is 9.42. The van der Waals surface area contributed by atoms with Crippen LogP contribution in [0.15, 0.2) is 72.8 Å². The molecule has 2 aromatic carbocycles. The number of aromatic amines is 1. The third-order valence-corrected chi connectivity index (χ3v) is 6.50. The van der Waals surface area contributed by atoms with Crippen LogP contribution in [0.2, 0.25) is 0 Å². The minimum atomic E-state index is -1.26. The van der Waals surface area contributed by atoms with E-state index in [0.29, 0.717) is 24.3 Å². The van der Waals surface area contributed by atoms with Crippen LogP contribution in [0.1, 0.15) is 11.1 Å². The van der Waals surface area contributed by atoms with Crippen LogP contribution in [0.4, 0.5) is 5.82 Å². The smallest absolute Gasteiger partial charge is 0.328 e. The molecule has 2 aliphatic rings. The molecule has 13 heteroatoms. The molecule has 1 saturated heterocycles. The van der Waals surface area contributed by atoms with E-state index >= 15 is 0 Å². The number of para-hydroxylation sites is 1. The van der Waals surface area contributed by atoms with Crippen LogP contribution in [0, 0.1) is 0 Å². The van der Waals surface area contributed by atoms with Crippen LogP contribution in [-0.4, -0.2) is 104 Å². The lowest BCUT2D eigenvalue weighted by Crippen LogP contribution is -2.48. The molecule has 0 radical (unpaired) electrons. The summed E-state index contributed by atoms with van der Waals surface area (Å²) in [6.45, 7) is 8.85. The fourth-order valence-corrected chi connectivity index (χ4v) is 4.50. The molecule has 1 aromatic heterocycles. The molecule has 0 saturated carbocycles. The Morgan fingerprint density at radius 1 is 0.667 bits per heavy atom. The van der Waals surface area contributed by atoms with Crippen molar-refractivity contribution in [2.45, 2.75) is 13.1 Å². The topological polar surface area (TPSA) is 188 Å². The van der Waals surface area contributed by atoms with Gasteiger partial charge in [-0.2, -0.15) is 5.10 Å². The first kappa shape index (κ1) is 31.5. The molecule has 0 aliphatic carbocycles. The van der Waals surface area contributed by atoms with Crippen molar-refractivity contribution in [1.82, 2.24) is 20.0 Å². The number of benzene rings is 2. The number of hydrogen-bond acceptors (Lipinski definition) is 8. The van der Waals surface area contributed by atoms with Crippen molar-refractivity contribution in [3.05, 3.63) is 84.0 Å². The lowest BCUT2D eigenvalue weighted by atomic mass is 10.1. The van der Waals surface area contributed by atoms with Gasteiger partial charge in [0, 0.05) is 82.0 Å². The van der Waals surface area contributed by atoms with Gasteiger partial charge in [-0.1, -0.05) is 36.4 Å². The Balaban J connectivity index is 0.000000252. The number of anilines is 1. The van der Waals surface area contributed by atoms with Crippen molar-refractivity contribution >= 4 is 40.6 Å². The van der Waals surface area contributed by atoms with Crippen LogP contribution >= 0.6 is 0 Å². The number of carboxylic acid groups (broad SMARTS) is 4. The third-order valence-electron chi connectivity index (χ3n) is 6.50. The average molecular weight is 580 g/mol. The standard InChI is InChI=1S/C21H25N5.2C4H4O4/c1-2-6-18-16-25(15-17(18)5-1)10-9-24-11-13-26(14-12-24)21-19-7-3-4-8-20(19)22-23-21;2*5-3(6)1-2-4(7)8/h1-8H,9-16H2,(H,22,23);2*1-2H,(H,5,6)(H,7,8)/b;2*2-1-. The second kappa shape index (κ2) is 15.7. The number of aromatic nitrogens is 2. The second-order valence-electron chi connectivity index (χ2n) is 9.42. The van der Waals surface area contributed by atoms with E-state index in [1.165, 1.54) is 16.5 Å². The molecule has 5 N–H and O–H groups in total. The molecule has 2 aliphatic heterocycles. The Morgan fingerprint density at radius 3 is 1.62 bits per heavy atom. The zero-order valence-electron chi connectivity index (χ0n) is 22.8. The van der Waals surface area contributed by atoms with Crippen molar-refractivity contribution in [3.63, 3.8) is 0 Å². The van der Waals surface area contributed by atoms with Gasteiger partial charge in [0.1, 0.15) is 0 Å². The normalized spacial score (nSPS) is 15.1. The molecule has 5 rings (SSSR count). The SMILES string of the molecule is O=C(O)/C=C\C(=O)O.O=C(O)/C=C\C(=O)O.c1ccc2c(c1)CN(CCN1CCN(c3n[nH]c4ccccc34)CC1)C2. The largest absolute Gasteiger partial charge is 0.478 e. The van der Waals surface area contributed by atoms with Gasteiger partial charge in [-0.05, 0) is 23.3 Å². The molecule has 13 nitrogen and oxygen atoms in total. The van der Waals surface area contributed by atoms with Crippen LogP contribution in [0.5, 0.6) is 0 Å². The highest BCUT2D eigenvalue weighted by atomic mass is 16.4. The van der Waals surface area contributed by atoms with E-state index in [1.54, 1.807) is 0 Å². The summed E-state index contributed by atoms with van der Waals surface area (Å²) in [4.78, 5) is 45.8. The summed E-state index contributed by atoms with van der Waals surface area (Å²) in [5.41, 5.74) is 4.13. The van der Waals surface area contributed by atoms with Gasteiger partial charge in [0.2, 0.25) is 0 Å². The number of nitrogens with zero attached hydrogens (tertiary/aromatic N) is 4. The van der Waals surface area contributed by atoms with Crippen molar-refractivity contribution in [1.29, 1.82) is 0 Å². The van der Waals surface area contributed by atoms with Crippen molar-refractivity contribution < 1.29 is 39.6 Å². The molecule has 42 heavy (non-hydrogen) atoms. The Morgan fingerprint density at radius 2 is 1.12 bits per heavy atom. The van der Waals surface area contributed by atoms with Crippen LogP contribution in [0.25, 0.3) is 10.9 Å². The highest BCUT2D eigenvalue weighted by Crippen LogP contribution is 2.25.